The average Bonchev–Trinajstić information content (AvgIpc) is 3.76. The van der Waals surface area contributed by atoms with E-state index in [1.54, 1.807) is 0 Å². The molecule has 7 aromatic carbocycles. The van der Waals surface area contributed by atoms with Gasteiger partial charge in [0.25, 0.3) is 0 Å². The highest BCUT2D eigenvalue weighted by Crippen LogP contribution is 2.38. The molecule has 0 spiro atoms. The van der Waals surface area contributed by atoms with Crippen molar-refractivity contribution in [1.29, 1.82) is 0 Å². The minimum atomic E-state index is 0.553. The molecule has 10 rings (SSSR count). The van der Waals surface area contributed by atoms with Crippen molar-refractivity contribution >= 4 is 43.9 Å². The summed E-state index contributed by atoms with van der Waals surface area (Å²) in [5, 5.41) is 4.32. The number of nitrogens with zero attached hydrogens (tertiary/aromatic N) is 3. The lowest BCUT2D eigenvalue weighted by Crippen LogP contribution is -2.01. The maximum Gasteiger partial charge on any atom is 0.167 e. The van der Waals surface area contributed by atoms with Crippen molar-refractivity contribution in [2.75, 3.05) is 0 Å². The molecule has 0 saturated heterocycles. The first-order valence-corrected chi connectivity index (χ1v) is 16.6. The van der Waals surface area contributed by atoms with Gasteiger partial charge in [0.2, 0.25) is 0 Å². The van der Waals surface area contributed by atoms with E-state index < -0.39 is 0 Å². The molecule has 0 unspecified atom stereocenters. The number of furan rings is 2. The molecule has 10 aromatic rings. The topological polar surface area (TPSA) is 65.0 Å². The van der Waals surface area contributed by atoms with Crippen LogP contribution >= 0.6 is 0 Å². The van der Waals surface area contributed by atoms with E-state index in [0.717, 1.165) is 82.8 Å². The van der Waals surface area contributed by atoms with Gasteiger partial charge in [-0.05, 0) is 52.6 Å². The Morgan fingerprint density at radius 3 is 1.64 bits per heavy atom. The molecule has 0 atom stereocenters. The third kappa shape index (κ3) is 4.67. The largest absolute Gasteiger partial charge is 0.456 e. The summed E-state index contributed by atoms with van der Waals surface area (Å²) in [5.74, 6) is 1.73. The summed E-state index contributed by atoms with van der Waals surface area (Å²) in [6.07, 6.45) is 0. The Morgan fingerprint density at radius 1 is 0.300 bits per heavy atom. The van der Waals surface area contributed by atoms with Crippen LogP contribution < -0.4 is 0 Å². The molecule has 234 valence electrons. The normalized spacial score (nSPS) is 11.6. The van der Waals surface area contributed by atoms with Gasteiger partial charge in [0.1, 0.15) is 22.3 Å². The zero-order chi connectivity index (χ0) is 33.0. The van der Waals surface area contributed by atoms with Gasteiger partial charge in [0, 0.05) is 32.7 Å². The second-order valence-electron chi connectivity index (χ2n) is 12.4. The monoisotopic (exact) mass is 641 g/mol. The zero-order valence-electron chi connectivity index (χ0n) is 26.7. The first-order chi connectivity index (χ1) is 24.8. The number of rotatable bonds is 5. The van der Waals surface area contributed by atoms with Crippen molar-refractivity contribution in [2.24, 2.45) is 0 Å². The van der Waals surface area contributed by atoms with Gasteiger partial charge in [-0.25, -0.2) is 15.0 Å². The Morgan fingerprint density at radius 2 is 0.840 bits per heavy atom. The molecule has 50 heavy (non-hydrogen) atoms. The molecule has 3 heterocycles. The summed E-state index contributed by atoms with van der Waals surface area (Å²) in [6, 6.07) is 55.7. The highest BCUT2D eigenvalue weighted by Gasteiger charge is 2.19. The lowest BCUT2D eigenvalue weighted by Gasteiger charge is -2.12. The van der Waals surface area contributed by atoms with Crippen LogP contribution in [0.1, 0.15) is 0 Å². The van der Waals surface area contributed by atoms with Crippen LogP contribution in [0.3, 0.4) is 0 Å². The Hall–Kier alpha value is -6.85. The first-order valence-electron chi connectivity index (χ1n) is 16.6. The van der Waals surface area contributed by atoms with Gasteiger partial charge in [0.15, 0.2) is 17.5 Å². The number of para-hydroxylation sites is 3. The molecule has 5 nitrogen and oxygen atoms in total. The molecule has 0 radical (unpaired) electrons. The van der Waals surface area contributed by atoms with Gasteiger partial charge in [-0.15, -0.1) is 0 Å². The highest BCUT2D eigenvalue weighted by molar-refractivity contribution is 6.09. The lowest BCUT2D eigenvalue weighted by atomic mass is 9.99. The number of hydrogen-bond acceptors (Lipinski definition) is 5. The van der Waals surface area contributed by atoms with Crippen LogP contribution in [0.15, 0.2) is 173 Å². The molecule has 0 N–H and O–H groups in total. The van der Waals surface area contributed by atoms with Crippen molar-refractivity contribution in [1.82, 2.24) is 15.0 Å². The molecule has 5 heteroatoms. The Balaban J connectivity index is 1.13. The second-order valence-corrected chi connectivity index (χ2v) is 12.4. The van der Waals surface area contributed by atoms with Gasteiger partial charge in [0.05, 0.1) is 5.56 Å². The van der Waals surface area contributed by atoms with Crippen LogP contribution in [0.25, 0.3) is 100 Å². The fourth-order valence-corrected chi connectivity index (χ4v) is 6.93. The fraction of sp³-hybridized carbons (Fsp3) is 0. The molecule has 0 aliphatic carbocycles. The summed E-state index contributed by atoms with van der Waals surface area (Å²) in [7, 11) is 0. The summed E-state index contributed by atoms with van der Waals surface area (Å²) < 4.78 is 12.6. The van der Waals surface area contributed by atoms with Crippen LogP contribution in [0.2, 0.25) is 0 Å². The van der Waals surface area contributed by atoms with Crippen LogP contribution in [0.5, 0.6) is 0 Å². The van der Waals surface area contributed by atoms with Gasteiger partial charge in [-0.2, -0.15) is 0 Å². The number of fused-ring (bicyclic) bond motifs is 6. The maximum absolute atomic E-state index is 6.43. The Labute approximate surface area is 287 Å². The molecule has 0 bridgehead atoms. The van der Waals surface area contributed by atoms with Gasteiger partial charge in [-0.1, -0.05) is 133 Å². The SMILES string of the molecule is c1ccc(-c2ccccc2-c2nc(-c3ccc(-c4ccc5c(c4)oc4ccccc45)cc3)nc(-c3cccc4c3oc3ccccc34)n2)cc1. The Kier molecular flexibility index (Phi) is 6.42. The number of hydrogen-bond donors (Lipinski definition) is 0. The molecule has 0 saturated carbocycles. The van der Waals surface area contributed by atoms with E-state index in [2.05, 4.69) is 84.9 Å². The fourth-order valence-electron chi connectivity index (χ4n) is 6.93. The molecule has 0 amide bonds. The number of aromatic nitrogens is 3. The highest BCUT2D eigenvalue weighted by atomic mass is 16.3. The van der Waals surface area contributed by atoms with E-state index in [4.69, 9.17) is 23.8 Å². The van der Waals surface area contributed by atoms with Gasteiger partial charge in [-0.3, -0.25) is 0 Å². The standard InChI is InChI=1S/C45H27N3O2/c1-2-11-29(12-3-1)32-13-4-5-16-37(32)44-46-43(47-45(48-44)38-18-10-17-36-34-15-7-9-20-40(34)50-42(36)38)30-23-21-28(22-24-30)31-25-26-35-33-14-6-8-19-39(33)49-41(35)27-31/h1-27H. The molecule has 0 fully saturated rings. The van der Waals surface area contributed by atoms with Gasteiger partial charge >= 0.3 is 0 Å². The second kappa shape index (κ2) is 11.4. The first kappa shape index (κ1) is 28.2. The minimum Gasteiger partial charge on any atom is -0.456 e. The molecular weight excluding hydrogens is 615 g/mol. The summed E-state index contributed by atoms with van der Waals surface area (Å²) in [6.45, 7) is 0. The predicted octanol–water partition coefficient (Wildman–Crippen LogP) is 12.0. The maximum atomic E-state index is 6.43. The van der Waals surface area contributed by atoms with Crippen LogP contribution in [-0.2, 0) is 0 Å². The van der Waals surface area contributed by atoms with Crippen molar-refractivity contribution in [2.45, 2.75) is 0 Å². The van der Waals surface area contributed by atoms with Crippen molar-refractivity contribution in [3.63, 3.8) is 0 Å². The molecule has 0 aliphatic heterocycles. The Bertz CT molecular complexity index is 2870. The lowest BCUT2D eigenvalue weighted by molar-refractivity contribution is 0.669. The summed E-state index contributed by atoms with van der Waals surface area (Å²) >= 11 is 0. The molecule has 3 aromatic heterocycles. The molecule has 0 aliphatic rings. The van der Waals surface area contributed by atoms with Crippen molar-refractivity contribution < 1.29 is 8.83 Å². The minimum absolute atomic E-state index is 0.553. The van der Waals surface area contributed by atoms with E-state index in [-0.39, 0.29) is 0 Å². The van der Waals surface area contributed by atoms with E-state index in [1.165, 1.54) is 0 Å². The van der Waals surface area contributed by atoms with Crippen LogP contribution in [-0.4, -0.2) is 15.0 Å². The van der Waals surface area contributed by atoms with E-state index in [1.807, 2.05) is 78.9 Å². The average molecular weight is 642 g/mol. The summed E-state index contributed by atoms with van der Waals surface area (Å²) in [4.78, 5) is 15.3. The zero-order valence-corrected chi connectivity index (χ0v) is 26.7. The third-order valence-electron chi connectivity index (χ3n) is 9.39. The van der Waals surface area contributed by atoms with E-state index in [9.17, 15) is 0 Å². The smallest absolute Gasteiger partial charge is 0.167 e. The van der Waals surface area contributed by atoms with Crippen LogP contribution in [0.4, 0.5) is 0 Å². The molecular formula is C45H27N3O2. The third-order valence-corrected chi connectivity index (χ3v) is 9.39. The van der Waals surface area contributed by atoms with Gasteiger partial charge < -0.3 is 8.83 Å². The summed E-state index contributed by atoms with van der Waals surface area (Å²) in [5.41, 5.74) is 10.3. The van der Waals surface area contributed by atoms with Crippen molar-refractivity contribution in [3.8, 4) is 56.4 Å². The van der Waals surface area contributed by atoms with Crippen LogP contribution in [0, 0.1) is 0 Å². The quantitative estimate of drug-likeness (QED) is 0.187. The number of benzene rings is 7. The van der Waals surface area contributed by atoms with E-state index in [0.29, 0.717) is 17.5 Å². The predicted molar refractivity (Wildman–Crippen MR) is 202 cm³/mol. The van der Waals surface area contributed by atoms with Crippen molar-refractivity contribution in [3.05, 3.63) is 164 Å². The van der Waals surface area contributed by atoms with E-state index >= 15 is 0 Å².